The average molecular weight is 608 g/mol. The van der Waals surface area contributed by atoms with Crippen LogP contribution in [0.4, 0.5) is 4.79 Å². The first-order valence-electron chi connectivity index (χ1n) is 14.0. The number of hydrogen-bond donors (Lipinski definition) is 5. The van der Waals surface area contributed by atoms with Gasteiger partial charge >= 0.3 is 6.03 Å². The van der Waals surface area contributed by atoms with Crippen LogP contribution in [0.5, 0.6) is 0 Å². The number of rotatable bonds is 21. The quantitative estimate of drug-likeness (QED) is 0.0750. The van der Waals surface area contributed by atoms with Crippen LogP contribution in [0.2, 0.25) is 0 Å². The number of carbonyl (C=O) groups is 4. The molecule has 11 nitrogen and oxygen atoms in total. The fraction of sp³-hybridized carbons (Fsp3) is 0.840. The van der Waals surface area contributed by atoms with Gasteiger partial charge in [-0.15, -0.1) is 0 Å². The predicted molar refractivity (Wildman–Crippen MR) is 157 cm³/mol. The zero-order chi connectivity index (χ0) is 28.5. The van der Waals surface area contributed by atoms with E-state index in [1.807, 2.05) is 11.8 Å². The minimum atomic E-state index is -3.07. The van der Waals surface area contributed by atoms with Gasteiger partial charge in [-0.3, -0.25) is 14.4 Å². The Morgan fingerprint density at radius 3 is 1.92 bits per heavy atom. The highest BCUT2D eigenvalue weighted by Crippen LogP contribution is 2.33. The van der Waals surface area contributed by atoms with Crippen molar-refractivity contribution >= 4 is 55.2 Å². The fourth-order valence-corrected chi connectivity index (χ4v) is 7.74. The summed E-state index contributed by atoms with van der Waals surface area (Å²) in [7, 11) is -2.25. The van der Waals surface area contributed by atoms with Crippen molar-refractivity contribution in [1.29, 1.82) is 0 Å². The second kappa shape index (κ2) is 18.6. The van der Waals surface area contributed by atoms with E-state index < -0.39 is 8.87 Å². The smallest absolute Gasteiger partial charge is 0.315 e. The van der Waals surface area contributed by atoms with Gasteiger partial charge in [0.25, 0.3) is 0 Å². The minimum absolute atomic E-state index is 0.0276. The summed E-state index contributed by atoms with van der Waals surface area (Å²) in [5.41, 5.74) is 0. The van der Waals surface area contributed by atoms with Gasteiger partial charge in [0.2, 0.25) is 17.7 Å². The summed E-state index contributed by atoms with van der Waals surface area (Å²) in [6.45, 7) is 1.56. The van der Waals surface area contributed by atoms with Crippen molar-refractivity contribution in [3.8, 4) is 0 Å². The van der Waals surface area contributed by atoms with Crippen molar-refractivity contribution in [2.75, 3.05) is 37.4 Å². The average Bonchev–Trinajstić information content (AvgIpc) is 3.42. The van der Waals surface area contributed by atoms with E-state index in [0.29, 0.717) is 49.9 Å². The molecule has 39 heavy (non-hydrogen) atoms. The molecule has 2 saturated heterocycles. The molecule has 14 heteroatoms. The van der Waals surface area contributed by atoms with Gasteiger partial charge in [-0.1, -0.05) is 19.3 Å². The molecule has 224 valence electrons. The van der Waals surface area contributed by atoms with Crippen LogP contribution >= 0.6 is 22.6 Å². The van der Waals surface area contributed by atoms with Crippen LogP contribution in [0.3, 0.4) is 0 Å². The van der Waals surface area contributed by atoms with E-state index >= 15 is 0 Å². The van der Waals surface area contributed by atoms with E-state index in [0.717, 1.165) is 80.6 Å². The number of fused-ring (bicyclic) bond motifs is 1. The molecule has 0 unspecified atom stereocenters. The number of thioether (sulfide) groups is 1. The third kappa shape index (κ3) is 15.6. The van der Waals surface area contributed by atoms with Crippen LogP contribution in [0, 0.1) is 0 Å². The van der Waals surface area contributed by atoms with Crippen LogP contribution in [-0.4, -0.2) is 86.9 Å². The third-order valence-electron chi connectivity index (χ3n) is 6.61. The Balaban J connectivity index is 1.32. The van der Waals surface area contributed by atoms with Gasteiger partial charge < -0.3 is 26.6 Å². The summed E-state index contributed by atoms with van der Waals surface area (Å²) in [5.74, 6) is 1.31. The molecule has 0 spiro atoms. The second-order valence-electron chi connectivity index (χ2n) is 10.1. The molecular weight excluding hydrogens is 563 g/mol. The molecule has 0 aromatic carbocycles. The van der Waals surface area contributed by atoms with Crippen LogP contribution in [0.1, 0.15) is 77.0 Å². The summed E-state index contributed by atoms with van der Waals surface area (Å²) < 4.78 is 22.0. The van der Waals surface area contributed by atoms with E-state index in [1.165, 1.54) is 0 Å². The second-order valence-corrected chi connectivity index (χ2v) is 15.9. The Hall–Kier alpha value is -1.67. The zero-order valence-corrected chi connectivity index (χ0v) is 25.4. The summed E-state index contributed by atoms with van der Waals surface area (Å²) in [6.07, 6.45) is 10.3. The Bertz CT molecular complexity index is 905. The molecular formula is C25H45N5O6S3. The van der Waals surface area contributed by atoms with Gasteiger partial charge in [0, 0.05) is 61.9 Å². The van der Waals surface area contributed by atoms with Crippen LogP contribution < -0.4 is 26.6 Å². The molecule has 0 saturated carbocycles. The van der Waals surface area contributed by atoms with Crippen molar-refractivity contribution in [3.63, 3.8) is 0 Å². The molecule has 2 fully saturated rings. The summed E-state index contributed by atoms with van der Waals surface area (Å²) in [6, 6.07) is 0.396. The SMILES string of the molecule is CS(=O)(=O)SCCNC(=O)CCCCCNC(=O)CCCCCNC(=O)CCCC[C@@H]1SC[C@H]2NC(=O)N[C@H]12. The Morgan fingerprint density at radius 1 is 0.821 bits per heavy atom. The van der Waals surface area contributed by atoms with E-state index in [-0.39, 0.29) is 35.8 Å². The molecule has 2 aliphatic rings. The molecule has 0 aliphatic carbocycles. The Labute approximate surface area is 240 Å². The first-order valence-corrected chi connectivity index (χ1v) is 18.4. The lowest BCUT2D eigenvalue weighted by molar-refractivity contribution is -0.122. The lowest BCUT2D eigenvalue weighted by Gasteiger charge is -2.16. The van der Waals surface area contributed by atoms with Crippen molar-refractivity contribution in [3.05, 3.63) is 0 Å². The summed E-state index contributed by atoms with van der Waals surface area (Å²) in [4.78, 5) is 47.1. The number of urea groups is 1. The largest absolute Gasteiger partial charge is 0.356 e. The minimum Gasteiger partial charge on any atom is -0.356 e. The standard InChI is InChI=1S/C25H45N5O6S3/c1-39(35,36)38-17-16-28-23(33)12-5-3-9-14-26-21(31)11-4-2-8-15-27-22(32)13-7-6-10-20-24-19(18-37-20)29-25(34)30-24/h19-20,24H,2-18H2,1H3,(H,26,31)(H,27,32)(H,28,33)(H2,29,30,34)/t19-,20+,24+/m1/s1. The maximum Gasteiger partial charge on any atom is 0.315 e. The topological polar surface area (TPSA) is 163 Å². The van der Waals surface area contributed by atoms with Crippen molar-refractivity contribution in [2.45, 2.75) is 94.4 Å². The normalized spacial score (nSPS) is 20.1. The highest BCUT2D eigenvalue weighted by molar-refractivity contribution is 8.71. The van der Waals surface area contributed by atoms with E-state index in [9.17, 15) is 27.6 Å². The molecule has 0 aromatic heterocycles. The number of amides is 5. The molecule has 2 rings (SSSR count). The van der Waals surface area contributed by atoms with Crippen molar-refractivity contribution < 1.29 is 27.6 Å². The molecule has 0 radical (unpaired) electrons. The molecule has 2 aliphatic heterocycles. The molecule has 3 atom stereocenters. The van der Waals surface area contributed by atoms with Crippen molar-refractivity contribution in [1.82, 2.24) is 26.6 Å². The molecule has 5 N–H and O–H groups in total. The lowest BCUT2D eigenvalue weighted by Crippen LogP contribution is -2.36. The first-order chi connectivity index (χ1) is 18.6. The Kier molecular flexibility index (Phi) is 16.0. The zero-order valence-electron chi connectivity index (χ0n) is 22.9. The first kappa shape index (κ1) is 33.5. The van der Waals surface area contributed by atoms with Crippen LogP contribution in [0.25, 0.3) is 0 Å². The highest BCUT2D eigenvalue weighted by atomic mass is 33.1. The maximum absolute atomic E-state index is 12.0. The number of hydrogen-bond acceptors (Lipinski definition) is 8. The molecule has 5 amide bonds. The van der Waals surface area contributed by atoms with Gasteiger partial charge in [0.1, 0.15) is 0 Å². The Morgan fingerprint density at radius 2 is 1.36 bits per heavy atom. The number of nitrogens with one attached hydrogen (secondary N) is 5. The molecule has 0 bridgehead atoms. The third-order valence-corrected chi connectivity index (χ3v) is 10.7. The maximum atomic E-state index is 12.0. The fourth-order valence-electron chi connectivity index (χ4n) is 4.55. The number of unbranched alkanes of at least 4 members (excludes halogenated alkanes) is 5. The van der Waals surface area contributed by atoms with Crippen molar-refractivity contribution in [2.24, 2.45) is 0 Å². The van der Waals surface area contributed by atoms with Gasteiger partial charge in [0.05, 0.1) is 12.1 Å². The predicted octanol–water partition coefficient (Wildman–Crippen LogP) is 1.87. The highest BCUT2D eigenvalue weighted by Gasteiger charge is 2.42. The van der Waals surface area contributed by atoms with Crippen LogP contribution in [-0.2, 0) is 23.3 Å². The van der Waals surface area contributed by atoms with Crippen LogP contribution in [0.15, 0.2) is 0 Å². The van der Waals surface area contributed by atoms with Gasteiger partial charge in [0.15, 0.2) is 8.87 Å². The van der Waals surface area contributed by atoms with Gasteiger partial charge in [-0.25, -0.2) is 13.2 Å². The van der Waals surface area contributed by atoms with Gasteiger partial charge in [-0.05, 0) is 49.3 Å². The summed E-state index contributed by atoms with van der Waals surface area (Å²) in [5, 5.41) is 14.9. The monoisotopic (exact) mass is 607 g/mol. The summed E-state index contributed by atoms with van der Waals surface area (Å²) >= 11 is 1.90. The lowest BCUT2D eigenvalue weighted by atomic mass is 10.0. The molecule has 2 heterocycles. The van der Waals surface area contributed by atoms with E-state index in [4.69, 9.17) is 0 Å². The number of carbonyl (C=O) groups excluding carboxylic acids is 4. The van der Waals surface area contributed by atoms with E-state index in [1.54, 1.807) is 0 Å². The van der Waals surface area contributed by atoms with E-state index in [2.05, 4.69) is 26.6 Å². The van der Waals surface area contributed by atoms with Gasteiger partial charge in [-0.2, -0.15) is 11.8 Å². The molecule has 0 aromatic rings.